The van der Waals surface area contributed by atoms with E-state index < -0.39 is 10.9 Å². The van der Waals surface area contributed by atoms with Gasteiger partial charge in [-0.15, -0.1) is 0 Å². The molecule has 1 aliphatic rings. The lowest BCUT2D eigenvalue weighted by atomic mass is 10.2. The highest BCUT2D eigenvalue weighted by Crippen LogP contribution is 2.33. The molecule has 1 fully saturated rings. The maximum atomic E-state index is 12.6. The van der Waals surface area contributed by atoms with Gasteiger partial charge in [-0.25, -0.2) is 0 Å². The average molecular weight is 417 g/mol. The van der Waals surface area contributed by atoms with Crippen molar-refractivity contribution in [2.45, 2.75) is 12.8 Å². The number of aliphatic carboxylic acids is 1. The van der Waals surface area contributed by atoms with Crippen molar-refractivity contribution in [3.63, 3.8) is 0 Å². The largest absolute Gasteiger partial charge is 0.481 e. The summed E-state index contributed by atoms with van der Waals surface area (Å²) < 4.78 is 2.20. The van der Waals surface area contributed by atoms with E-state index in [2.05, 4.69) is 0 Å². The molecule has 1 saturated heterocycles. The molecule has 0 spiro atoms. The van der Waals surface area contributed by atoms with Crippen LogP contribution in [0.1, 0.15) is 18.5 Å². The van der Waals surface area contributed by atoms with E-state index in [1.807, 2.05) is 6.07 Å². The molecule has 1 aromatic heterocycles. The van der Waals surface area contributed by atoms with Crippen LogP contribution in [-0.4, -0.2) is 42.2 Å². The minimum atomic E-state index is -0.915. The molecule has 1 amide bonds. The molecule has 10 heteroatoms. The standard InChI is InChI=1S/C18H15N3O5S2/c22-16(23)4-2-10-20-17(24)15(28-18(20)27)11-14-3-1-9-19(14)12-5-7-13(8-6-12)21(25)26/h1,3,5-9,11H,2,4,10H2,(H,22,23)/b15-11-. The van der Waals surface area contributed by atoms with Crippen molar-refractivity contribution in [1.82, 2.24) is 9.47 Å². The molecule has 2 aromatic rings. The van der Waals surface area contributed by atoms with Gasteiger partial charge in [0, 0.05) is 42.7 Å². The number of hydrogen-bond acceptors (Lipinski definition) is 6. The second-order valence-corrected chi connectivity index (χ2v) is 7.58. The van der Waals surface area contributed by atoms with Gasteiger partial charge in [-0.3, -0.25) is 24.6 Å². The Labute approximate surface area is 169 Å². The van der Waals surface area contributed by atoms with E-state index in [-0.39, 0.29) is 24.6 Å². The molecule has 144 valence electrons. The first-order valence-electron chi connectivity index (χ1n) is 8.26. The van der Waals surface area contributed by atoms with Crippen molar-refractivity contribution in [3.05, 3.63) is 63.3 Å². The summed E-state index contributed by atoms with van der Waals surface area (Å²) in [5, 5.41) is 19.5. The Hall–Kier alpha value is -2.98. The smallest absolute Gasteiger partial charge is 0.303 e. The fourth-order valence-corrected chi connectivity index (χ4v) is 3.99. The fraction of sp³-hybridized carbons (Fsp3) is 0.167. The molecule has 0 atom stereocenters. The zero-order valence-corrected chi connectivity index (χ0v) is 16.1. The number of nitro benzene ring substituents is 1. The lowest BCUT2D eigenvalue weighted by Gasteiger charge is -2.13. The highest BCUT2D eigenvalue weighted by atomic mass is 32.2. The van der Waals surface area contributed by atoms with Crippen molar-refractivity contribution in [2.75, 3.05) is 6.54 Å². The van der Waals surface area contributed by atoms with Crippen molar-refractivity contribution in [3.8, 4) is 5.69 Å². The number of benzene rings is 1. The van der Waals surface area contributed by atoms with Crippen molar-refractivity contribution in [2.24, 2.45) is 0 Å². The summed E-state index contributed by atoms with van der Waals surface area (Å²) in [4.78, 5) is 35.5. The third-order valence-corrected chi connectivity index (χ3v) is 5.42. The predicted molar refractivity (Wildman–Crippen MR) is 109 cm³/mol. The Balaban J connectivity index is 1.80. The molecule has 2 heterocycles. The van der Waals surface area contributed by atoms with Gasteiger partial charge in [-0.2, -0.15) is 0 Å². The summed E-state index contributed by atoms with van der Waals surface area (Å²) in [6.07, 6.45) is 3.80. The molecule has 0 saturated carbocycles. The number of carboxylic acids is 1. The van der Waals surface area contributed by atoms with Gasteiger partial charge in [0.2, 0.25) is 0 Å². The van der Waals surface area contributed by atoms with E-state index in [1.54, 1.807) is 35.0 Å². The van der Waals surface area contributed by atoms with Gasteiger partial charge in [0.15, 0.2) is 0 Å². The predicted octanol–water partition coefficient (Wildman–Crippen LogP) is 3.45. The Morgan fingerprint density at radius 3 is 2.64 bits per heavy atom. The summed E-state index contributed by atoms with van der Waals surface area (Å²) >= 11 is 6.41. The SMILES string of the molecule is O=C(O)CCCN1C(=O)/C(=C/c2cccn2-c2ccc([N+](=O)[O-])cc2)SC1=S. The van der Waals surface area contributed by atoms with Crippen LogP contribution < -0.4 is 0 Å². The van der Waals surface area contributed by atoms with Crippen LogP contribution in [0.3, 0.4) is 0 Å². The molecule has 0 unspecified atom stereocenters. The van der Waals surface area contributed by atoms with Crippen molar-refractivity contribution < 1.29 is 19.6 Å². The summed E-state index contributed by atoms with van der Waals surface area (Å²) in [5.41, 5.74) is 1.44. The zero-order chi connectivity index (χ0) is 20.3. The van der Waals surface area contributed by atoms with Crippen LogP contribution in [0.4, 0.5) is 5.69 Å². The molecular formula is C18H15N3O5S2. The van der Waals surface area contributed by atoms with E-state index in [9.17, 15) is 19.7 Å². The third kappa shape index (κ3) is 4.29. The van der Waals surface area contributed by atoms with Crippen LogP contribution >= 0.6 is 24.0 Å². The molecule has 28 heavy (non-hydrogen) atoms. The van der Waals surface area contributed by atoms with Gasteiger partial charge in [0.05, 0.1) is 9.83 Å². The topological polar surface area (TPSA) is 106 Å². The molecule has 1 N–H and O–H groups in total. The number of aromatic nitrogens is 1. The lowest BCUT2D eigenvalue weighted by Crippen LogP contribution is -2.29. The quantitative estimate of drug-likeness (QED) is 0.318. The Kier molecular flexibility index (Phi) is 5.90. The molecule has 8 nitrogen and oxygen atoms in total. The van der Waals surface area contributed by atoms with Crippen LogP contribution in [0.15, 0.2) is 47.5 Å². The number of thioether (sulfide) groups is 1. The monoisotopic (exact) mass is 417 g/mol. The summed E-state index contributed by atoms with van der Waals surface area (Å²) in [6.45, 7) is 0.262. The second kappa shape index (κ2) is 8.36. The molecular weight excluding hydrogens is 402 g/mol. The first-order chi connectivity index (χ1) is 13.4. The fourth-order valence-electron chi connectivity index (χ4n) is 2.70. The van der Waals surface area contributed by atoms with Crippen LogP contribution in [0.2, 0.25) is 0 Å². The minimum absolute atomic E-state index is 0.000289. The van der Waals surface area contributed by atoms with Crippen molar-refractivity contribution in [1.29, 1.82) is 0 Å². The molecule has 1 aromatic carbocycles. The van der Waals surface area contributed by atoms with Crippen LogP contribution in [0, 0.1) is 10.1 Å². The lowest BCUT2D eigenvalue weighted by molar-refractivity contribution is -0.384. The highest BCUT2D eigenvalue weighted by molar-refractivity contribution is 8.26. The van der Waals surface area contributed by atoms with Crippen LogP contribution in [0.5, 0.6) is 0 Å². The Morgan fingerprint density at radius 1 is 1.29 bits per heavy atom. The maximum absolute atomic E-state index is 12.6. The van der Waals surface area contributed by atoms with Gasteiger partial charge < -0.3 is 9.67 Å². The van der Waals surface area contributed by atoms with E-state index in [0.717, 1.165) is 11.4 Å². The molecule has 0 radical (unpaired) electrons. The molecule has 1 aliphatic heterocycles. The van der Waals surface area contributed by atoms with E-state index in [0.29, 0.717) is 15.6 Å². The van der Waals surface area contributed by atoms with Gasteiger partial charge >= 0.3 is 5.97 Å². The third-order valence-electron chi connectivity index (χ3n) is 4.04. The first-order valence-corrected chi connectivity index (χ1v) is 9.48. The average Bonchev–Trinajstić information content (AvgIpc) is 3.21. The Morgan fingerprint density at radius 2 is 2.00 bits per heavy atom. The summed E-state index contributed by atoms with van der Waals surface area (Å²) in [6, 6.07) is 9.72. The first kappa shape index (κ1) is 19.8. The zero-order valence-electron chi connectivity index (χ0n) is 14.5. The van der Waals surface area contributed by atoms with E-state index >= 15 is 0 Å². The van der Waals surface area contributed by atoms with Gasteiger partial charge in [0.1, 0.15) is 4.32 Å². The number of carbonyl (C=O) groups excluding carboxylic acids is 1. The number of amides is 1. The van der Waals surface area contributed by atoms with Crippen molar-refractivity contribution >= 4 is 51.9 Å². The minimum Gasteiger partial charge on any atom is -0.481 e. The second-order valence-electron chi connectivity index (χ2n) is 5.91. The number of thiocarbonyl (C=S) groups is 1. The number of carboxylic acid groups (broad SMARTS) is 1. The summed E-state index contributed by atoms with van der Waals surface area (Å²) in [7, 11) is 0. The molecule has 0 bridgehead atoms. The summed E-state index contributed by atoms with van der Waals surface area (Å²) in [5.74, 6) is -1.17. The van der Waals surface area contributed by atoms with Gasteiger partial charge in [-0.05, 0) is 36.8 Å². The number of nitrogens with zero attached hydrogens (tertiary/aromatic N) is 3. The molecule has 3 rings (SSSR count). The number of non-ortho nitro benzene ring substituents is 1. The Bertz CT molecular complexity index is 981. The highest BCUT2D eigenvalue weighted by Gasteiger charge is 2.31. The van der Waals surface area contributed by atoms with Crippen LogP contribution in [-0.2, 0) is 9.59 Å². The normalized spacial score (nSPS) is 15.4. The maximum Gasteiger partial charge on any atom is 0.303 e. The number of nitro groups is 1. The van der Waals surface area contributed by atoms with Crippen LogP contribution in [0.25, 0.3) is 11.8 Å². The number of carbonyl (C=O) groups is 2. The van der Waals surface area contributed by atoms with Gasteiger partial charge in [0.25, 0.3) is 11.6 Å². The van der Waals surface area contributed by atoms with E-state index in [1.165, 1.54) is 28.8 Å². The van der Waals surface area contributed by atoms with E-state index in [4.69, 9.17) is 17.3 Å². The van der Waals surface area contributed by atoms with Gasteiger partial charge in [-0.1, -0.05) is 24.0 Å². The number of hydrogen-bond donors (Lipinski definition) is 1. The number of rotatable bonds is 7. The molecule has 0 aliphatic carbocycles.